The Hall–Kier alpha value is -5.09. The summed E-state index contributed by atoms with van der Waals surface area (Å²) in [4.78, 5) is 13.1. The smallest absolute Gasteiger partial charge is 0.308 e. The molecule has 6 rings (SSSR count). The van der Waals surface area contributed by atoms with E-state index in [9.17, 15) is 30.8 Å². The van der Waals surface area contributed by atoms with Gasteiger partial charge < -0.3 is 28.7 Å². The minimum atomic E-state index is -4.11. The first kappa shape index (κ1) is 44.5. The minimum absolute atomic E-state index is 0.0463. The number of fused-ring (bicyclic) bond motifs is 2. The number of rotatable bonds is 18. The summed E-state index contributed by atoms with van der Waals surface area (Å²) in [5, 5.41) is 8.42. The van der Waals surface area contributed by atoms with Crippen LogP contribution < -0.4 is 30.7 Å². The zero-order valence-corrected chi connectivity index (χ0v) is 36.5. The summed E-state index contributed by atoms with van der Waals surface area (Å²) in [6, 6.07) is 30.6. The van der Waals surface area contributed by atoms with E-state index in [0.29, 0.717) is 22.1 Å². The first-order chi connectivity index (χ1) is 28.6. The van der Waals surface area contributed by atoms with E-state index in [1.54, 1.807) is 100 Å². The van der Waals surface area contributed by atoms with Gasteiger partial charge in [-0.25, -0.2) is 21.6 Å². The van der Waals surface area contributed by atoms with Crippen molar-refractivity contribution in [2.75, 3.05) is 46.5 Å². The number of carbonyl (C=O) groups is 1. The van der Waals surface area contributed by atoms with Gasteiger partial charge in [-0.1, -0.05) is 36.4 Å². The van der Waals surface area contributed by atoms with E-state index in [1.165, 1.54) is 48.5 Å². The molecule has 0 bridgehead atoms. The number of carbonyl (C=O) groups excluding carboxylic acids is 1. The standard InChI is InChI=1S/C41H44N4O11P2S2/c1-5-53-57(47,54-6-2)37-13-9-11-35(27-37)44-59(49,50)39-21-17-29-15-19-33(23-31(29)25-39)42-41(46)43-34-20-16-30-18-22-40(26-32(30)24-34)60(51,52)45-36-12-10-14-38(28-36)58(48,55-7-3)56-8-4/h9-28,44-45H,5-8H2,1-4H3,(H2,42,43,46). The van der Waals surface area contributed by atoms with Crippen molar-refractivity contribution in [3.05, 3.63) is 121 Å². The molecule has 0 radical (unpaired) electrons. The summed E-state index contributed by atoms with van der Waals surface area (Å²) in [6.45, 7) is 7.28. The van der Waals surface area contributed by atoms with Gasteiger partial charge in [-0.3, -0.25) is 18.6 Å². The highest BCUT2D eigenvalue weighted by Crippen LogP contribution is 2.48. The van der Waals surface area contributed by atoms with E-state index in [1.807, 2.05) is 0 Å². The molecule has 6 aromatic rings. The van der Waals surface area contributed by atoms with Crippen molar-refractivity contribution in [2.45, 2.75) is 37.5 Å². The van der Waals surface area contributed by atoms with Crippen LogP contribution in [0.15, 0.2) is 131 Å². The molecule has 19 heteroatoms. The molecule has 0 aliphatic heterocycles. The lowest BCUT2D eigenvalue weighted by molar-refractivity contribution is 0.229. The largest absolute Gasteiger partial charge is 0.361 e. The van der Waals surface area contributed by atoms with Crippen LogP contribution >= 0.6 is 15.2 Å². The minimum Gasteiger partial charge on any atom is -0.308 e. The Kier molecular flexibility index (Phi) is 13.8. The summed E-state index contributed by atoms with van der Waals surface area (Å²) in [6.07, 6.45) is 0. The van der Waals surface area contributed by atoms with Crippen LogP contribution in [0, 0.1) is 0 Å². The van der Waals surface area contributed by atoms with Crippen LogP contribution in [0.25, 0.3) is 21.5 Å². The molecule has 0 unspecified atom stereocenters. The fourth-order valence-corrected chi connectivity index (χ4v) is 11.6. The highest BCUT2D eigenvalue weighted by molar-refractivity contribution is 7.93. The summed E-state index contributed by atoms with van der Waals surface area (Å²) in [5.41, 5.74) is 1.08. The summed E-state index contributed by atoms with van der Waals surface area (Å²) in [5.74, 6) is 0. The van der Waals surface area contributed by atoms with Crippen LogP contribution in [0.1, 0.15) is 27.7 Å². The van der Waals surface area contributed by atoms with Crippen molar-refractivity contribution in [3.63, 3.8) is 0 Å². The van der Waals surface area contributed by atoms with E-state index in [0.717, 1.165) is 10.8 Å². The van der Waals surface area contributed by atoms with Gasteiger partial charge in [0.1, 0.15) is 0 Å². The Morgan fingerprint density at radius 2 is 0.833 bits per heavy atom. The molecule has 0 aliphatic rings. The van der Waals surface area contributed by atoms with E-state index in [2.05, 4.69) is 20.1 Å². The molecule has 0 atom stereocenters. The normalized spacial score (nSPS) is 12.3. The topological polar surface area (TPSA) is 205 Å². The number of hydrogen-bond acceptors (Lipinski definition) is 11. The summed E-state index contributed by atoms with van der Waals surface area (Å²) < 4.78 is 107. The molecule has 0 aliphatic carbocycles. The number of amides is 2. The van der Waals surface area contributed by atoms with Crippen molar-refractivity contribution in [1.29, 1.82) is 0 Å². The molecule has 0 aromatic heterocycles. The molecule has 60 heavy (non-hydrogen) atoms. The third-order valence-electron chi connectivity index (χ3n) is 8.79. The number of sulfonamides is 2. The molecule has 0 fully saturated rings. The van der Waals surface area contributed by atoms with Gasteiger partial charge in [0.15, 0.2) is 0 Å². The summed E-state index contributed by atoms with van der Waals surface area (Å²) >= 11 is 0. The van der Waals surface area contributed by atoms with Gasteiger partial charge in [0, 0.05) is 22.7 Å². The maximum absolute atomic E-state index is 13.5. The molecule has 4 N–H and O–H groups in total. The highest BCUT2D eigenvalue weighted by Gasteiger charge is 2.29. The van der Waals surface area contributed by atoms with E-state index >= 15 is 0 Å². The van der Waals surface area contributed by atoms with Crippen LogP contribution in [-0.2, 0) is 47.3 Å². The molecule has 15 nitrogen and oxygen atoms in total. The molecule has 316 valence electrons. The van der Waals surface area contributed by atoms with E-state index in [4.69, 9.17) is 18.1 Å². The van der Waals surface area contributed by atoms with Gasteiger partial charge in [-0.15, -0.1) is 0 Å². The quantitative estimate of drug-likeness (QED) is 0.0599. The average molecular weight is 895 g/mol. The van der Waals surface area contributed by atoms with Crippen molar-refractivity contribution < 1.29 is 48.9 Å². The number of nitrogens with one attached hydrogen (secondary N) is 4. The second-order valence-electron chi connectivity index (χ2n) is 13.0. The van der Waals surface area contributed by atoms with Crippen LogP contribution in [0.4, 0.5) is 27.5 Å². The van der Waals surface area contributed by atoms with Gasteiger partial charge in [0.05, 0.1) is 46.8 Å². The average Bonchev–Trinajstić information content (AvgIpc) is 3.20. The Morgan fingerprint density at radius 3 is 1.20 bits per heavy atom. The predicted octanol–water partition coefficient (Wildman–Crippen LogP) is 9.02. The lowest BCUT2D eigenvalue weighted by Crippen LogP contribution is -2.19. The second kappa shape index (κ2) is 18.7. The Morgan fingerprint density at radius 1 is 0.467 bits per heavy atom. The third-order valence-corrected chi connectivity index (χ3v) is 15.8. The van der Waals surface area contributed by atoms with E-state index in [-0.39, 0.29) is 58.2 Å². The maximum atomic E-state index is 13.5. The fraction of sp³-hybridized carbons (Fsp3) is 0.195. The molecular weight excluding hydrogens is 851 g/mol. The molecule has 0 saturated carbocycles. The Bertz CT molecular complexity index is 2660. The van der Waals surface area contributed by atoms with Gasteiger partial charge in [-0.05, 0) is 134 Å². The van der Waals surface area contributed by atoms with Crippen LogP contribution in [0.2, 0.25) is 0 Å². The summed E-state index contributed by atoms with van der Waals surface area (Å²) in [7, 11) is -15.5. The Balaban J connectivity index is 1.15. The second-order valence-corrected chi connectivity index (χ2v) is 20.4. The number of hydrogen-bond donors (Lipinski definition) is 4. The number of anilines is 4. The van der Waals surface area contributed by atoms with Gasteiger partial charge in [0.2, 0.25) is 0 Å². The number of urea groups is 1. The van der Waals surface area contributed by atoms with Gasteiger partial charge >= 0.3 is 21.2 Å². The predicted molar refractivity (Wildman–Crippen MR) is 236 cm³/mol. The lowest BCUT2D eigenvalue weighted by atomic mass is 10.1. The highest BCUT2D eigenvalue weighted by atomic mass is 32.2. The molecule has 0 heterocycles. The zero-order chi connectivity index (χ0) is 43.1. The first-order valence-electron chi connectivity index (χ1n) is 18.8. The van der Waals surface area contributed by atoms with Crippen molar-refractivity contribution in [2.24, 2.45) is 0 Å². The maximum Gasteiger partial charge on any atom is 0.361 e. The first-order valence-corrected chi connectivity index (χ1v) is 24.9. The van der Waals surface area contributed by atoms with Crippen LogP contribution in [0.3, 0.4) is 0 Å². The van der Waals surface area contributed by atoms with Crippen LogP contribution in [-0.4, -0.2) is 49.3 Å². The van der Waals surface area contributed by atoms with Gasteiger partial charge in [0.25, 0.3) is 20.0 Å². The molecule has 0 spiro atoms. The third kappa shape index (κ3) is 10.4. The van der Waals surface area contributed by atoms with Gasteiger partial charge in [-0.2, -0.15) is 0 Å². The SMILES string of the molecule is CCOP(=O)(OCC)c1cccc(NS(=O)(=O)c2ccc3ccc(NC(=O)Nc4ccc5ccc(S(=O)(=O)Nc6cccc(P(=O)(OCC)OCC)c6)cc5c4)cc3c2)c1. The molecule has 0 saturated heterocycles. The van der Waals surface area contributed by atoms with E-state index < -0.39 is 41.3 Å². The Labute approximate surface area is 349 Å². The van der Waals surface area contributed by atoms with Crippen molar-refractivity contribution >= 4 is 96.2 Å². The fourth-order valence-electron chi connectivity index (χ4n) is 6.19. The van der Waals surface area contributed by atoms with Crippen molar-refractivity contribution in [1.82, 2.24) is 0 Å². The monoisotopic (exact) mass is 894 g/mol. The zero-order valence-electron chi connectivity index (χ0n) is 33.1. The van der Waals surface area contributed by atoms with Crippen molar-refractivity contribution in [3.8, 4) is 0 Å². The number of benzene rings is 6. The molecule has 2 amide bonds. The molecular formula is C41H44N4O11P2S2. The van der Waals surface area contributed by atoms with Crippen LogP contribution in [0.5, 0.6) is 0 Å². The lowest BCUT2D eigenvalue weighted by Gasteiger charge is -2.18. The molecule has 6 aromatic carbocycles.